The van der Waals surface area contributed by atoms with Gasteiger partial charge in [0, 0.05) is 12.1 Å². The van der Waals surface area contributed by atoms with Crippen molar-refractivity contribution < 1.29 is 4.79 Å². The summed E-state index contributed by atoms with van der Waals surface area (Å²) in [6.45, 7) is 4.77. The van der Waals surface area contributed by atoms with E-state index < -0.39 is 11.2 Å². The third-order valence-corrected chi connectivity index (χ3v) is 8.47. The number of rotatable bonds is 7. The summed E-state index contributed by atoms with van der Waals surface area (Å²) in [5, 5.41) is 3.32. The highest BCUT2D eigenvalue weighted by Crippen LogP contribution is 2.55. The number of nitrogens with one attached hydrogen (secondary N) is 1. The number of fused-ring (bicyclic) bond motifs is 1. The Morgan fingerprint density at radius 1 is 1.03 bits per heavy atom. The zero-order valence-electron chi connectivity index (χ0n) is 21.2. The molecule has 1 N–H and O–H groups in total. The van der Waals surface area contributed by atoms with Gasteiger partial charge in [-0.1, -0.05) is 44.2 Å². The van der Waals surface area contributed by atoms with Crippen LogP contribution in [0.15, 0.2) is 46.2 Å². The van der Waals surface area contributed by atoms with Crippen LogP contribution < -0.4 is 16.6 Å². The van der Waals surface area contributed by atoms with Crippen LogP contribution in [0.2, 0.25) is 0 Å². The summed E-state index contributed by atoms with van der Waals surface area (Å²) in [4.78, 5) is 45.1. The van der Waals surface area contributed by atoms with Gasteiger partial charge < -0.3 is 9.88 Å². The molecule has 3 aromatic rings. The lowest BCUT2D eigenvalue weighted by Crippen LogP contribution is -2.60. The Hall–Kier alpha value is -3.16. The number of hydrogen-bond donors (Lipinski definition) is 1. The van der Waals surface area contributed by atoms with E-state index in [1.165, 1.54) is 23.8 Å². The number of imidazole rings is 1. The highest BCUT2D eigenvalue weighted by Gasteiger charge is 2.51. The molecule has 8 nitrogen and oxygen atoms in total. The number of benzene rings is 1. The van der Waals surface area contributed by atoms with E-state index in [9.17, 15) is 14.4 Å². The Bertz CT molecular complexity index is 1380. The number of aromatic nitrogens is 4. The summed E-state index contributed by atoms with van der Waals surface area (Å²) < 4.78 is 4.46. The van der Waals surface area contributed by atoms with Crippen molar-refractivity contribution in [2.75, 3.05) is 0 Å². The standard InChI is InChI=1S/C28H35N5O3/c1-18(2)14-31-17-29-25-24(31)26(35)33(27(36)32(25)15-19-6-4-3-5-7-19)16-23(34)30-28-11-20-8-21(12-28)10-22(9-20)13-28/h3-7,17-18,20-22H,8-16H2,1-2H3,(H,30,34). The third kappa shape index (κ3) is 4.10. The number of carbonyl (C=O) groups is 1. The maximum atomic E-state index is 13.6. The van der Waals surface area contributed by atoms with E-state index in [1.54, 1.807) is 6.33 Å². The Morgan fingerprint density at radius 2 is 1.67 bits per heavy atom. The van der Waals surface area contributed by atoms with E-state index in [4.69, 9.17) is 0 Å². The molecule has 0 spiro atoms. The van der Waals surface area contributed by atoms with E-state index in [-0.39, 0.29) is 24.5 Å². The van der Waals surface area contributed by atoms with E-state index >= 15 is 0 Å². The Balaban J connectivity index is 1.37. The summed E-state index contributed by atoms with van der Waals surface area (Å²) in [6, 6.07) is 9.65. The van der Waals surface area contributed by atoms with Gasteiger partial charge in [-0.15, -0.1) is 0 Å². The van der Waals surface area contributed by atoms with Crippen molar-refractivity contribution in [1.82, 2.24) is 24.0 Å². The van der Waals surface area contributed by atoms with Crippen molar-refractivity contribution >= 4 is 17.1 Å². The molecule has 0 radical (unpaired) electrons. The van der Waals surface area contributed by atoms with Crippen molar-refractivity contribution in [2.24, 2.45) is 23.7 Å². The SMILES string of the molecule is CC(C)Cn1cnc2c1c(=O)n(CC(=O)NC13CC4CC(CC(C4)C1)C3)c(=O)n2Cc1ccccc1. The van der Waals surface area contributed by atoms with Gasteiger partial charge in [0.2, 0.25) is 5.91 Å². The molecule has 8 heteroatoms. The normalized spacial score (nSPS) is 26.7. The first-order valence-corrected chi connectivity index (χ1v) is 13.3. The predicted molar refractivity (Wildman–Crippen MR) is 138 cm³/mol. The smallest absolute Gasteiger partial charge is 0.333 e. The van der Waals surface area contributed by atoms with Crippen LogP contribution in [0.1, 0.15) is 57.9 Å². The van der Waals surface area contributed by atoms with E-state index in [2.05, 4.69) is 24.1 Å². The lowest BCUT2D eigenvalue weighted by Gasteiger charge is -2.56. The van der Waals surface area contributed by atoms with Crippen molar-refractivity contribution in [3.8, 4) is 0 Å². The Morgan fingerprint density at radius 3 is 2.28 bits per heavy atom. The molecule has 0 saturated heterocycles. The molecule has 4 fully saturated rings. The fraction of sp³-hybridized carbons (Fsp3) is 0.571. The molecule has 4 saturated carbocycles. The molecule has 1 amide bonds. The molecule has 0 aliphatic heterocycles. The first-order chi connectivity index (χ1) is 17.3. The molecule has 4 bridgehead atoms. The van der Waals surface area contributed by atoms with Gasteiger partial charge in [0.05, 0.1) is 12.9 Å². The van der Waals surface area contributed by atoms with E-state index in [0.717, 1.165) is 29.4 Å². The number of hydrogen-bond acceptors (Lipinski definition) is 4. The molecule has 36 heavy (non-hydrogen) atoms. The minimum Gasteiger partial charge on any atom is -0.349 e. The first kappa shape index (κ1) is 23.3. The van der Waals surface area contributed by atoms with Crippen LogP contribution in [0.4, 0.5) is 0 Å². The molecule has 1 aromatic carbocycles. The Kier molecular flexibility index (Phi) is 5.65. The van der Waals surface area contributed by atoms with Gasteiger partial charge in [-0.05, 0) is 67.8 Å². The van der Waals surface area contributed by atoms with Crippen LogP contribution in [0.5, 0.6) is 0 Å². The Labute approximate surface area is 210 Å². The molecular formula is C28H35N5O3. The fourth-order valence-corrected chi connectivity index (χ4v) is 7.56. The summed E-state index contributed by atoms with van der Waals surface area (Å²) in [5.41, 5.74) is 0.573. The van der Waals surface area contributed by atoms with Crippen molar-refractivity contribution in [3.63, 3.8) is 0 Å². The number of amides is 1. The molecule has 2 aromatic heterocycles. The lowest BCUT2D eigenvalue weighted by molar-refractivity contribution is -0.127. The lowest BCUT2D eigenvalue weighted by atomic mass is 9.53. The topological polar surface area (TPSA) is 90.9 Å². The van der Waals surface area contributed by atoms with Crippen LogP contribution in [0, 0.1) is 23.7 Å². The summed E-state index contributed by atoms with van der Waals surface area (Å²) in [6.07, 6.45) is 8.57. The van der Waals surface area contributed by atoms with Gasteiger partial charge in [0.15, 0.2) is 11.2 Å². The van der Waals surface area contributed by atoms with Crippen molar-refractivity contribution in [1.29, 1.82) is 0 Å². The molecule has 0 atom stereocenters. The van der Waals surface area contributed by atoms with Gasteiger partial charge in [0.25, 0.3) is 5.56 Å². The van der Waals surface area contributed by atoms with Crippen LogP contribution in [0.25, 0.3) is 11.2 Å². The maximum Gasteiger partial charge on any atom is 0.333 e. The highest BCUT2D eigenvalue weighted by atomic mass is 16.2. The van der Waals surface area contributed by atoms with Gasteiger partial charge >= 0.3 is 5.69 Å². The third-order valence-electron chi connectivity index (χ3n) is 8.47. The first-order valence-electron chi connectivity index (χ1n) is 13.3. The van der Waals surface area contributed by atoms with Crippen LogP contribution in [0.3, 0.4) is 0 Å². The summed E-state index contributed by atoms with van der Waals surface area (Å²) in [7, 11) is 0. The average molecular weight is 490 g/mol. The van der Waals surface area contributed by atoms with Crippen molar-refractivity contribution in [2.45, 2.75) is 77.5 Å². The largest absolute Gasteiger partial charge is 0.349 e. The molecule has 7 rings (SSSR count). The molecular weight excluding hydrogens is 454 g/mol. The van der Waals surface area contributed by atoms with Crippen molar-refractivity contribution in [3.05, 3.63) is 63.1 Å². The van der Waals surface area contributed by atoms with E-state index in [1.807, 2.05) is 34.9 Å². The molecule has 190 valence electrons. The van der Waals surface area contributed by atoms with Crippen LogP contribution in [-0.4, -0.2) is 30.1 Å². The predicted octanol–water partition coefficient (Wildman–Crippen LogP) is 3.15. The number of carbonyl (C=O) groups excluding carboxylic acids is 1. The monoisotopic (exact) mass is 489 g/mol. The van der Waals surface area contributed by atoms with Gasteiger partial charge in [-0.25, -0.2) is 14.3 Å². The fourth-order valence-electron chi connectivity index (χ4n) is 7.56. The molecule has 4 aliphatic rings. The summed E-state index contributed by atoms with van der Waals surface area (Å²) >= 11 is 0. The van der Waals surface area contributed by atoms with Gasteiger partial charge in [0.1, 0.15) is 6.54 Å². The second-order valence-corrected chi connectivity index (χ2v) is 12.0. The van der Waals surface area contributed by atoms with Gasteiger partial charge in [-0.2, -0.15) is 0 Å². The minimum atomic E-state index is -0.494. The summed E-state index contributed by atoms with van der Waals surface area (Å²) in [5.74, 6) is 2.15. The molecule has 0 unspecified atom stereocenters. The number of nitrogens with zero attached hydrogens (tertiary/aromatic N) is 4. The maximum absolute atomic E-state index is 13.6. The second kappa shape index (κ2) is 8.75. The van der Waals surface area contributed by atoms with Crippen LogP contribution >= 0.6 is 0 Å². The molecule has 4 aliphatic carbocycles. The van der Waals surface area contributed by atoms with E-state index in [0.29, 0.717) is 41.4 Å². The highest BCUT2D eigenvalue weighted by molar-refractivity contribution is 5.77. The zero-order chi connectivity index (χ0) is 25.0. The molecule has 2 heterocycles. The zero-order valence-corrected chi connectivity index (χ0v) is 21.2. The van der Waals surface area contributed by atoms with Crippen LogP contribution in [-0.2, 0) is 24.4 Å². The quantitative estimate of drug-likeness (QED) is 0.552. The minimum absolute atomic E-state index is 0.165. The van der Waals surface area contributed by atoms with Gasteiger partial charge in [-0.3, -0.25) is 14.2 Å². The average Bonchev–Trinajstić information content (AvgIpc) is 3.22. The second-order valence-electron chi connectivity index (χ2n) is 12.0.